The van der Waals surface area contributed by atoms with Crippen molar-refractivity contribution in [2.45, 2.75) is 47.5 Å². The van der Waals surface area contributed by atoms with Gasteiger partial charge in [-0.25, -0.2) is 0 Å². The molecule has 0 saturated carbocycles. The van der Waals surface area contributed by atoms with Gasteiger partial charge in [0.1, 0.15) is 0 Å². The lowest BCUT2D eigenvalue weighted by atomic mass is 9.98. The molecule has 0 aliphatic heterocycles. The van der Waals surface area contributed by atoms with Crippen LogP contribution in [0.4, 0.5) is 5.69 Å². The number of rotatable bonds is 0. The van der Waals surface area contributed by atoms with E-state index in [1.165, 1.54) is 16.7 Å². The Bertz CT molecular complexity index is 350. The van der Waals surface area contributed by atoms with Gasteiger partial charge in [-0.3, -0.25) is 0 Å². The summed E-state index contributed by atoms with van der Waals surface area (Å²) in [7, 11) is 0. The van der Waals surface area contributed by atoms with E-state index in [4.69, 9.17) is 5.73 Å². The number of anilines is 1. The van der Waals surface area contributed by atoms with Crippen LogP contribution in [0.25, 0.3) is 6.08 Å². The summed E-state index contributed by atoms with van der Waals surface area (Å²) in [6.45, 7) is 12.4. The van der Waals surface area contributed by atoms with Gasteiger partial charge in [0.2, 0.25) is 0 Å². The Balaban J connectivity index is 0.000000509. The fraction of sp³-hybridized carbons (Fsp3) is 0.467. The molecule has 1 aromatic carbocycles. The van der Waals surface area contributed by atoms with Crippen LogP contribution < -0.4 is 5.73 Å². The van der Waals surface area contributed by atoms with Gasteiger partial charge in [0.05, 0.1) is 0 Å². The molecule has 90 valence electrons. The summed E-state index contributed by atoms with van der Waals surface area (Å²) in [6.07, 6.45) is 2.19. The maximum atomic E-state index is 5.85. The molecule has 0 heterocycles. The van der Waals surface area contributed by atoms with Crippen LogP contribution in [0.3, 0.4) is 0 Å². The molecule has 0 aromatic heterocycles. The van der Waals surface area contributed by atoms with E-state index < -0.39 is 0 Å². The van der Waals surface area contributed by atoms with Crippen LogP contribution in [0.1, 0.15) is 58.6 Å². The van der Waals surface area contributed by atoms with Gasteiger partial charge in [-0.15, -0.1) is 0 Å². The lowest BCUT2D eigenvalue weighted by Gasteiger charge is -2.07. The van der Waals surface area contributed by atoms with Crippen LogP contribution in [0.2, 0.25) is 0 Å². The highest BCUT2D eigenvalue weighted by Crippen LogP contribution is 2.37. The monoisotopic (exact) mass is 219 g/mol. The van der Waals surface area contributed by atoms with Crippen molar-refractivity contribution < 1.29 is 0 Å². The largest absolute Gasteiger partial charge is 0.398 e. The van der Waals surface area contributed by atoms with Gasteiger partial charge in [0, 0.05) is 17.2 Å². The van der Waals surface area contributed by atoms with E-state index >= 15 is 0 Å². The second kappa shape index (κ2) is 7.10. The van der Waals surface area contributed by atoms with Crippen molar-refractivity contribution >= 4 is 11.8 Å². The number of nitrogen functional groups attached to an aromatic ring is 1. The minimum atomic E-state index is 0.545. The second-order valence-electron chi connectivity index (χ2n) is 3.46. The minimum absolute atomic E-state index is 0.545. The van der Waals surface area contributed by atoms with Gasteiger partial charge in [0.25, 0.3) is 0 Å². The summed E-state index contributed by atoms with van der Waals surface area (Å²) in [5.74, 6) is 0.545. The summed E-state index contributed by atoms with van der Waals surface area (Å²) in [5, 5.41) is 0. The first-order valence-electron chi connectivity index (χ1n) is 6.26. The molecule has 1 aliphatic rings. The number of fused-ring (bicyclic) bond motifs is 1. The average molecular weight is 219 g/mol. The minimum Gasteiger partial charge on any atom is -0.398 e. The molecule has 1 unspecified atom stereocenters. The molecule has 1 aromatic rings. The smallest absolute Gasteiger partial charge is 0.0390 e. The molecule has 0 radical (unpaired) electrons. The molecule has 1 heteroatoms. The fourth-order valence-electron chi connectivity index (χ4n) is 1.74. The lowest BCUT2D eigenvalue weighted by Crippen LogP contribution is -1.93. The normalized spacial score (nSPS) is 16.1. The topological polar surface area (TPSA) is 26.0 Å². The third-order valence-corrected chi connectivity index (χ3v) is 2.70. The highest BCUT2D eigenvalue weighted by Gasteiger charge is 2.18. The first-order valence-corrected chi connectivity index (χ1v) is 6.26. The third kappa shape index (κ3) is 2.88. The first-order chi connectivity index (χ1) is 7.70. The Morgan fingerprint density at radius 2 is 1.62 bits per heavy atom. The summed E-state index contributed by atoms with van der Waals surface area (Å²) in [4.78, 5) is 0. The van der Waals surface area contributed by atoms with Gasteiger partial charge in [0.15, 0.2) is 0 Å². The Hall–Kier alpha value is -1.24. The fourth-order valence-corrected chi connectivity index (χ4v) is 1.74. The predicted octanol–water partition coefficient (Wildman–Crippen LogP) is 4.84. The zero-order valence-corrected chi connectivity index (χ0v) is 11.5. The molecular formula is C15H25N. The zero-order valence-electron chi connectivity index (χ0n) is 11.5. The van der Waals surface area contributed by atoms with Gasteiger partial charge < -0.3 is 5.73 Å². The number of nitrogens with two attached hydrogens (primary N) is 1. The average Bonchev–Trinajstić information content (AvgIpc) is 2.63. The maximum absolute atomic E-state index is 5.85. The van der Waals surface area contributed by atoms with Crippen molar-refractivity contribution in [3.8, 4) is 0 Å². The van der Waals surface area contributed by atoms with Gasteiger partial charge in [-0.1, -0.05) is 58.4 Å². The van der Waals surface area contributed by atoms with Crippen molar-refractivity contribution in [2.24, 2.45) is 0 Å². The highest BCUT2D eigenvalue weighted by molar-refractivity contribution is 5.75. The zero-order chi connectivity index (χ0) is 12.7. The van der Waals surface area contributed by atoms with E-state index in [-0.39, 0.29) is 0 Å². The van der Waals surface area contributed by atoms with Crippen LogP contribution in [0.15, 0.2) is 23.8 Å². The molecule has 2 rings (SSSR count). The van der Waals surface area contributed by atoms with Gasteiger partial charge >= 0.3 is 0 Å². The maximum Gasteiger partial charge on any atom is 0.0390 e. The number of benzene rings is 1. The van der Waals surface area contributed by atoms with Crippen LogP contribution in [-0.4, -0.2) is 0 Å². The van der Waals surface area contributed by atoms with E-state index in [1.807, 2.05) is 39.8 Å². The standard InChI is InChI=1S/C11H13N.2C2H6/c1-7-6-10-9(8(7)2)4-3-5-11(10)12;2*1-2/h3-6,8H,12H2,1-2H3;2*1-2H3. The van der Waals surface area contributed by atoms with Crippen molar-refractivity contribution in [3.05, 3.63) is 34.9 Å². The Labute approximate surface area is 100 Å². The molecule has 0 bridgehead atoms. The van der Waals surface area contributed by atoms with E-state index in [0.29, 0.717) is 5.92 Å². The number of hydrogen-bond acceptors (Lipinski definition) is 1. The SMILES string of the molecule is CC.CC.CC1=Cc2c(N)cccc2C1C. The molecule has 0 fully saturated rings. The summed E-state index contributed by atoms with van der Waals surface area (Å²) in [5.41, 5.74) is 10.7. The van der Waals surface area contributed by atoms with Crippen molar-refractivity contribution in [1.82, 2.24) is 0 Å². The molecule has 0 spiro atoms. The van der Waals surface area contributed by atoms with E-state index in [0.717, 1.165) is 5.69 Å². The lowest BCUT2D eigenvalue weighted by molar-refractivity contribution is 0.922. The molecular weight excluding hydrogens is 194 g/mol. The van der Waals surface area contributed by atoms with E-state index in [9.17, 15) is 0 Å². The van der Waals surface area contributed by atoms with Crippen molar-refractivity contribution in [2.75, 3.05) is 5.73 Å². The van der Waals surface area contributed by atoms with Crippen molar-refractivity contribution in [1.29, 1.82) is 0 Å². The summed E-state index contributed by atoms with van der Waals surface area (Å²) in [6, 6.07) is 6.14. The van der Waals surface area contributed by atoms with Crippen molar-refractivity contribution in [3.63, 3.8) is 0 Å². The van der Waals surface area contributed by atoms with Crippen LogP contribution in [0, 0.1) is 0 Å². The van der Waals surface area contributed by atoms with E-state index in [2.05, 4.69) is 26.0 Å². The molecule has 1 nitrogen and oxygen atoms in total. The number of allylic oxidation sites excluding steroid dienone is 1. The molecule has 0 amide bonds. The first kappa shape index (κ1) is 14.8. The summed E-state index contributed by atoms with van der Waals surface area (Å²) < 4.78 is 0. The third-order valence-electron chi connectivity index (χ3n) is 2.70. The summed E-state index contributed by atoms with van der Waals surface area (Å²) >= 11 is 0. The molecule has 2 N–H and O–H groups in total. The van der Waals surface area contributed by atoms with Crippen LogP contribution in [-0.2, 0) is 0 Å². The van der Waals surface area contributed by atoms with Crippen LogP contribution >= 0.6 is 0 Å². The Morgan fingerprint density at radius 3 is 2.12 bits per heavy atom. The van der Waals surface area contributed by atoms with E-state index in [1.54, 1.807) is 0 Å². The van der Waals surface area contributed by atoms with Gasteiger partial charge in [-0.05, 0) is 18.6 Å². The molecule has 1 aliphatic carbocycles. The predicted molar refractivity (Wildman–Crippen MR) is 75.6 cm³/mol. The molecule has 1 atom stereocenters. The Morgan fingerprint density at radius 1 is 1.06 bits per heavy atom. The highest BCUT2D eigenvalue weighted by atomic mass is 14.6. The Kier molecular flexibility index (Phi) is 6.55. The molecule has 16 heavy (non-hydrogen) atoms. The van der Waals surface area contributed by atoms with Crippen LogP contribution in [0.5, 0.6) is 0 Å². The second-order valence-corrected chi connectivity index (χ2v) is 3.46. The number of hydrogen-bond donors (Lipinski definition) is 1. The van der Waals surface area contributed by atoms with Gasteiger partial charge in [-0.2, -0.15) is 0 Å². The quantitative estimate of drug-likeness (QED) is 0.621. The molecule has 0 saturated heterocycles.